The van der Waals surface area contributed by atoms with E-state index in [1.807, 2.05) is 47.8 Å². The van der Waals surface area contributed by atoms with Gasteiger partial charge >= 0.3 is 6.09 Å². The van der Waals surface area contributed by atoms with Crippen molar-refractivity contribution in [2.24, 2.45) is 11.3 Å². The Morgan fingerprint density at radius 2 is 1.92 bits per heavy atom. The van der Waals surface area contributed by atoms with Gasteiger partial charge in [0.1, 0.15) is 5.60 Å². The molecular weight excluding hydrogens is 352 g/mol. The molecule has 0 aromatic rings. The largest absolute Gasteiger partial charge is 0.444 e. The molecule has 0 aromatic carbocycles. The first-order chi connectivity index (χ1) is 11.9. The van der Waals surface area contributed by atoms with Gasteiger partial charge in [-0.05, 0) is 52.7 Å². The molecule has 1 aliphatic heterocycles. The average molecular weight is 389 g/mol. The Morgan fingerprint density at radius 1 is 1.31 bits per heavy atom. The molecule has 0 spiro atoms. The fourth-order valence-corrected chi connectivity index (χ4v) is 3.79. The molecule has 0 aliphatic carbocycles. The van der Waals surface area contributed by atoms with Crippen LogP contribution in [0.3, 0.4) is 0 Å². The van der Waals surface area contributed by atoms with E-state index in [-0.39, 0.29) is 35.8 Å². The van der Waals surface area contributed by atoms with Crippen LogP contribution in [0.4, 0.5) is 4.79 Å². The van der Waals surface area contributed by atoms with Crippen LogP contribution >= 0.6 is 11.8 Å². The van der Waals surface area contributed by atoms with Gasteiger partial charge in [0.15, 0.2) is 0 Å². The zero-order valence-corrected chi connectivity index (χ0v) is 18.1. The molecule has 152 valence electrons. The molecule has 2 N–H and O–H groups in total. The molecule has 6 nitrogen and oxygen atoms in total. The van der Waals surface area contributed by atoms with E-state index in [9.17, 15) is 14.7 Å². The number of nitrogens with one attached hydrogen (secondary N) is 1. The number of amides is 2. The van der Waals surface area contributed by atoms with Gasteiger partial charge in [-0.25, -0.2) is 4.79 Å². The fraction of sp³-hybridized carbons (Fsp3) is 0.895. The van der Waals surface area contributed by atoms with Crippen LogP contribution in [0.25, 0.3) is 0 Å². The molecule has 1 heterocycles. The van der Waals surface area contributed by atoms with Crippen LogP contribution in [0.15, 0.2) is 0 Å². The molecule has 1 fully saturated rings. The van der Waals surface area contributed by atoms with E-state index in [2.05, 4.69) is 5.32 Å². The standard InChI is InChI=1S/C19H36N2O4S/c1-13(15(12-22)26-7)20-16(23)19(5,6)14-9-8-10-21(11-14)17(24)25-18(2,3)4/h13-15,22H,8-12H2,1-7H3,(H,20,23). The van der Waals surface area contributed by atoms with E-state index >= 15 is 0 Å². The first kappa shape index (κ1) is 23.1. The maximum absolute atomic E-state index is 12.9. The van der Waals surface area contributed by atoms with Crippen LogP contribution in [0.1, 0.15) is 54.4 Å². The molecule has 0 radical (unpaired) electrons. The highest BCUT2D eigenvalue weighted by Crippen LogP contribution is 2.35. The van der Waals surface area contributed by atoms with Crippen molar-refractivity contribution in [1.82, 2.24) is 10.2 Å². The Balaban J connectivity index is 2.75. The monoisotopic (exact) mass is 388 g/mol. The number of carbonyl (C=O) groups is 2. The number of aliphatic hydroxyl groups excluding tert-OH is 1. The van der Waals surface area contributed by atoms with Crippen LogP contribution in [0.5, 0.6) is 0 Å². The molecule has 0 bridgehead atoms. The number of rotatable bonds is 6. The van der Waals surface area contributed by atoms with Gasteiger partial charge < -0.3 is 20.1 Å². The summed E-state index contributed by atoms with van der Waals surface area (Å²) in [5, 5.41) is 12.4. The van der Waals surface area contributed by atoms with E-state index in [1.54, 1.807) is 16.7 Å². The van der Waals surface area contributed by atoms with Crippen LogP contribution < -0.4 is 5.32 Å². The molecule has 1 aliphatic rings. The number of piperidine rings is 1. The van der Waals surface area contributed by atoms with Crippen molar-refractivity contribution < 1.29 is 19.4 Å². The predicted octanol–water partition coefficient (Wildman–Crippen LogP) is 2.89. The molecule has 3 unspecified atom stereocenters. The van der Waals surface area contributed by atoms with Crippen LogP contribution in [0.2, 0.25) is 0 Å². The molecule has 3 atom stereocenters. The van der Waals surface area contributed by atoms with Gasteiger partial charge in [0.05, 0.1) is 6.61 Å². The van der Waals surface area contributed by atoms with Crippen LogP contribution in [-0.4, -0.2) is 64.9 Å². The lowest BCUT2D eigenvalue weighted by molar-refractivity contribution is -0.134. The van der Waals surface area contributed by atoms with Gasteiger partial charge in [0.2, 0.25) is 5.91 Å². The van der Waals surface area contributed by atoms with Crippen molar-refractivity contribution in [2.75, 3.05) is 26.0 Å². The molecule has 26 heavy (non-hydrogen) atoms. The third kappa shape index (κ3) is 6.34. The molecule has 1 saturated heterocycles. The van der Waals surface area contributed by atoms with Gasteiger partial charge in [0, 0.05) is 29.8 Å². The molecular formula is C19H36N2O4S. The van der Waals surface area contributed by atoms with E-state index in [4.69, 9.17) is 4.74 Å². The van der Waals surface area contributed by atoms with Gasteiger partial charge in [-0.1, -0.05) is 13.8 Å². The van der Waals surface area contributed by atoms with Crippen LogP contribution in [-0.2, 0) is 9.53 Å². The van der Waals surface area contributed by atoms with Crippen molar-refractivity contribution in [2.45, 2.75) is 71.3 Å². The summed E-state index contributed by atoms with van der Waals surface area (Å²) in [4.78, 5) is 27.0. The fourth-order valence-electron chi connectivity index (χ4n) is 3.17. The highest BCUT2D eigenvalue weighted by atomic mass is 32.2. The van der Waals surface area contributed by atoms with Crippen molar-refractivity contribution in [3.05, 3.63) is 0 Å². The SMILES string of the molecule is CSC(CO)C(C)NC(=O)C(C)(C)C1CCCN(C(=O)OC(C)(C)C)C1. The smallest absolute Gasteiger partial charge is 0.410 e. The Labute approximate surface area is 162 Å². The Hall–Kier alpha value is -0.950. The number of likely N-dealkylation sites (tertiary alicyclic amines) is 1. The zero-order valence-electron chi connectivity index (χ0n) is 17.3. The van der Waals surface area contributed by atoms with E-state index in [1.165, 1.54) is 0 Å². The zero-order chi connectivity index (χ0) is 20.1. The maximum atomic E-state index is 12.9. The second-order valence-corrected chi connectivity index (χ2v) is 9.78. The molecule has 1 rings (SSSR count). The van der Waals surface area contributed by atoms with E-state index < -0.39 is 11.0 Å². The predicted molar refractivity (Wildman–Crippen MR) is 106 cm³/mol. The lowest BCUT2D eigenvalue weighted by Crippen LogP contribution is -2.53. The van der Waals surface area contributed by atoms with Crippen molar-refractivity contribution in [3.8, 4) is 0 Å². The molecule has 0 aromatic heterocycles. The lowest BCUT2D eigenvalue weighted by Gasteiger charge is -2.41. The summed E-state index contributed by atoms with van der Waals surface area (Å²) in [6.07, 6.45) is 3.38. The van der Waals surface area contributed by atoms with Gasteiger partial charge in [0.25, 0.3) is 0 Å². The van der Waals surface area contributed by atoms with Crippen molar-refractivity contribution in [1.29, 1.82) is 0 Å². The Morgan fingerprint density at radius 3 is 2.42 bits per heavy atom. The lowest BCUT2D eigenvalue weighted by atomic mass is 9.73. The third-order valence-electron chi connectivity index (χ3n) is 5.08. The number of ether oxygens (including phenoxy) is 1. The highest BCUT2D eigenvalue weighted by molar-refractivity contribution is 7.99. The third-order valence-corrected chi connectivity index (χ3v) is 6.24. The molecule has 2 amide bonds. The minimum absolute atomic E-state index is 0.0267. The second-order valence-electron chi connectivity index (χ2n) is 8.71. The minimum Gasteiger partial charge on any atom is -0.444 e. The summed E-state index contributed by atoms with van der Waals surface area (Å²) in [7, 11) is 0. The van der Waals surface area contributed by atoms with Gasteiger partial charge in [-0.2, -0.15) is 11.8 Å². The average Bonchev–Trinajstić information content (AvgIpc) is 2.54. The topological polar surface area (TPSA) is 78.9 Å². The van der Waals surface area contributed by atoms with Gasteiger partial charge in [-0.15, -0.1) is 0 Å². The normalized spacial score (nSPS) is 21.1. The number of thioether (sulfide) groups is 1. The van der Waals surface area contributed by atoms with E-state index in [0.29, 0.717) is 13.1 Å². The summed E-state index contributed by atoms with van der Waals surface area (Å²) in [6.45, 7) is 12.6. The van der Waals surface area contributed by atoms with Gasteiger partial charge in [-0.3, -0.25) is 4.79 Å². The maximum Gasteiger partial charge on any atom is 0.410 e. The summed E-state index contributed by atoms with van der Waals surface area (Å²) in [5.74, 6) is 0.0337. The summed E-state index contributed by atoms with van der Waals surface area (Å²) >= 11 is 1.54. The van der Waals surface area contributed by atoms with Crippen molar-refractivity contribution in [3.63, 3.8) is 0 Å². The number of carbonyl (C=O) groups excluding carboxylic acids is 2. The quantitative estimate of drug-likeness (QED) is 0.731. The summed E-state index contributed by atoms with van der Waals surface area (Å²) in [5.41, 5.74) is -1.13. The first-order valence-electron chi connectivity index (χ1n) is 9.35. The molecule has 7 heteroatoms. The second kappa shape index (κ2) is 9.31. The Bertz CT molecular complexity index is 486. The highest BCUT2D eigenvalue weighted by Gasteiger charge is 2.41. The van der Waals surface area contributed by atoms with E-state index in [0.717, 1.165) is 12.8 Å². The Kier molecular flexibility index (Phi) is 8.27. The summed E-state index contributed by atoms with van der Waals surface area (Å²) in [6, 6.07) is -0.118. The van der Waals surface area contributed by atoms with Crippen molar-refractivity contribution >= 4 is 23.8 Å². The minimum atomic E-state index is -0.604. The first-order valence-corrected chi connectivity index (χ1v) is 10.6. The summed E-state index contributed by atoms with van der Waals surface area (Å²) < 4.78 is 5.48. The number of nitrogens with zero attached hydrogens (tertiary/aromatic N) is 1. The number of hydrogen-bond donors (Lipinski definition) is 2. The number of hydrogen-bond acceptors (Lipinski definition) is 5. The molecule has 0 saturated carbocycles. The number of aliphatic hydroxyl groups is 1. The van der Waals surface area contributed by atoms with Crippen LogP contribution in [0, 0.1) is 11.3 Å².